The summed E-state index contributed by atoms with van der Waals surface area (Å²) in [6.45, 7) is 2.30. The number of hydrogen-bond acceptors (Lipinski definition) is 2. The van der Waals surface area contributed by atoms with Crippen LogP contribution in [0.25, 0.3) is 0 Å². The van der Waals surface area contributed by atoms with Gasteiger partial charge in [-0.3, -0.25) is 4.98 Å². The average Bonchev–Trinajstić information content (AvgIpc) is 2.57. The SMILES string of the molecule is CCCC1CCCC(Nc2cccnc2)CC1. The standard InChI is InChI=1S/C15H24N2/c1-2-5-13-6-3-7-14(10-9-13)17-15-8-4-11-16-12-15/h4,8,11-14,17H,2-3,5-7,9-10H2,1H3. The minimum Gasteiger partial charge on any atom is -0.381 e. The van der Waals surface area contributed by atoms with Crippen molar-refractivity contribution in [2.75, 3.05) is 5.32 Å². The Morgan fingerprint density at radius 1 is 1.29 bits per heavy atom. The lowest BCUT2D eigenvalue weighted by Crippen LogP contribution is -2.18. The van der Waals surface area contributed by atoms with Crippen molar-refractivity contribution in [1.82, 2.24) is 4.98 Å². The molecule has 94 valence electrons. The first-order chi connectivity index (χ1) is 8.38. The zero-order valence-corrected chi connectivity index (χ0v) is 10.9. The highest BCUT2D eigenvalue weighted by atomic mass is 14.9. The van der Waals surface area contributed by atoms with E-state index < -0.39 is 0 Å². The lowest BCUT2D eigenvalue weighted by atomic mass is 9.95. The quantitative estimate of drug-likeness (QED) is 0.785. The molecule has 1 aliphatic carbocycles. The molecule has 1 fully saturated rings. The molecule has 17 heavy (non-hydrogen) atoms. The van der Waals surface area contributed by atoms with Crippen LogP contribution < -0.4 is 5.32 Å². The molecule has 0 aliphatic heterocycles. The van der Waals surface area contributed by atoms with Gasteiger partial charge in [-0.1, -0.05) is 32.6 Å². The summed E-state index contributed by atoms with van der Waals surface area (Å²) in [4.78, 5) is 4.16. The van der Waals surface area contributed by atoms with E-state index in [4.69, 9.17) is 0 Å². The van der Waals surface area contributed by atoms with Gasteiger partial charge in [-0.2, -0.15) is 0 Å². The van der Waals surface area contributed by atoms with E-state index in [1.165, 1.54) is 50.6 Å². The van der Waals surface area contributed by atoms with Crippen molar-refractivity contribution >= 4 is 5.69 Å². The van der Waals surface area contributed by atoms with Crippen LogP contribution in [0.2, 0.25) is 0 Å². The molecule has 0 amide bonds. The van der Waals surface area contributed by atoms with Crippen LogP contribution in [0, 0.1) is 5.92 Å². The minimum atomic E-state index is 0.654. The summed E-state index contributed by atoms with van der Waals surface area (Å²) in [5, 5.41) is 3.62. The van der Waals surface area contributed by atoms with Crippen LogP contribution in [0.5, 0.6) is 0 Å². The molecule has 1 aromatic heterocycles. The Morgan fingerprint density at radius 2 is 2.24 bits per heavy atom. The number of nitrogens with one attached hydrogen (secondary N) is 1. The smallest absolute Gasteiger partial charge is 0.0528 e. The van der Waals surface area contributed by atoms with Crippen molar-refractivity contribution < 1.29 is 0 Å². The topological polar surface area (TPSA) is 24.9 Å². The van der Waals surface area contributed by atoms with Crippen molar-refractivity contribution in [3.05, 3.63) is 24.5 Å². The molecule has 2 nitrogen and oxygen atoms in total. The van der Waals surface area contributed by atoms with Crippen molar-refractivity contribution in [2.45, 2.75) is 57.9 Å². The Bertz CT molecular complexity index is 310. The third-order valence-corrected chi connectivity index (χ3v) is 3.82. The predicted molar refractivity (Wildman–Crippen MR) is 73.1 cm³/mol. The average molecular weight is 232 g/mol. The monoisotopic (exact) mass is 232 g/mol. The lowest BCUT2D eigenvalue weighted by molar-refractivity contribution is 0.422. The van der Waals surface area contributed by atoms with Crippen molar-refractivity contribution in [3.8, 4) is 0 Å². The molecule has 1 aromatic rings. The molecule has 1 saturated carbocycles. The maximum atomic E-state index is 4.16. The van der Waals surface area contributed by atoms with Gasteiger partial charge in [0.25, 0.3) is 0 Å². The number of pyridine rings is 1. The van der Waals surface area contributed by atoms with Gasteiger partial charge in [0.2, 0.25) is 0 Å². The summed E-state index contributed by atoms with van der Waals surface area (Å²) in [6, 6.07) is 4.77. The maximum absolute atomic E-state index is 4.16. The first-order valence-corrected chi connectivity index (χ1v) is 7.05. The summed E-state index contributed by atoms with van der Waals surface area (Å²) in [5.74, 6) is 0.973. The van der Waals surface area contributed by atoms with Gasteiger partial charge < -0.3 is 5.32 Å². The Hall–Kier alpha value is -1.05. The molecule has 1 N–H and O–H groups in total. The van der Waals surface area contributed by atoms with E-state index in [1.807, 2.05) is 18.5 Å². The van der Waals surface area contributed by atoms with E-state index in [-0.39, 0.29) is 0 Å². The molecule has 2 rings (SSSR count). The second-order valence-electron chi connectivity index (χ2n) is 5.25. The van der Waals surface area contributed by atoms with Crippen molar-refractivity contribution in [2.24, 2.45) is 5.92 Å². The second kappa shape index (κ2) is 6.63. The molecule has 2 atom stereocenters. The van der Waals surface area contributed by atoms with Gasteiger partial charge in [0.15, 0.2) is 0 Å². The number of aromatic nitrogens is 1. The maximum Gasteiger partial charge on any atom is 0.0528 e. The molecular formula is C15H24N2. The van der Waals surface area contributed by atoms with Crippen LogP contribution in [0.15, 0.2) is 24.5 Å². The Kier molecular flexibility index (Phi) is 4.84. The van der Waals surface area contributed by atoms with Gasteiger partial charge in [-0.05, 0) is 37.3 Å². The van der Waals surface area contributed by atoms with Crippen LogP contribution in [-0.4, -0.2) is 11.0 Å². The number of anilines is 1. The van der Waals surface area contributed by atoms with E-state index in [1.54, 1.807) is 0 Å². The summed E-state index contributed by atoms with van der Waals surface area (Å²) in [6.07, 6.45) is 13.3. The lowest BCUT2D eigenvalue weighted by Gasteiger charge is -2.17. The van der Waals surface area contributed by atoms with Gasteiger partial charge in [-0.15, -0.1) is 0 Å². The molecule has 1 aliphatic rings. The summed E-state index contributed by atoms with van der Waals surface area (Å²) >= 11 is 0. The summed E-state index contributed by atoms with van der Waals surface area (Å²) in [5.41, 5.74) is 1.17. The van der Waals surface area contributed by atoms with E-state index in [0.29, 0.717) is 6.04 Å². The van der Waals surface area contributed by atoms with Crippen LogP contribution in [0.1, 0.15) is 51.9 Å². The molecule has 0 saturated heterocycles. The number of nitrogens with zero attached hydrogens (tertiary/aromatic N) is 1. The third-order valence-electron chi connectivity index (χ3n) is 3.82. The fraction of sp³-hybridized carbons (Fsp3) is 0.667. The van der Waals surface area contributed by atoms with Gasteiger partial charge in [0.1, 0.15) is 0 Å². The van der Waals surface area contributed by atoms with Gasteiger partial charge in [0, 0.05) is 18.4 Å². The largest absolute Gasteiger partial charge is 0.381 e. The second-order valence-corrected chi connectivity index (χ2v) is 5.25. The van der Waals surface area contributed by atoms with E-state index >= 15 is 0 Å². The molecule has 0 aromatic carbocycles. The van der Waals surface area contributed by atoms with Crippen LogP contribution >= 0.6 is 0 Å². The molecular weight excluding hydrogens is 208 g/mol. The number of rotatable bonds is 4. The van der Waals surface area contributed by atoms with Gasteiger partial charge >= 0.3 is 0 Å². The van der Waals surface area contributed by atoms with Crippen LogP contribution in [-0.2, 0) is 0 Å². The highest BCUT2D eigenvalue weighted by Crippen LogP contribution is 2.28. The minimum absolute atomic E-state index is 0.654. The fourth-order valence-electron chi connectivity index (χ4n) is 2.90. The Balaban J connectivity index is 1.83. The Labute approximate surface area is 105 Å². The molecule has 2 unspecified atom stereocenters. The normalized spacial score (nSPS) is 25.2. The van der Waals surface area contributed by atoms with Gasteiger partial charge in [-0.25, -0.2) is 0 Å². The Morgan fingerprint density at radius 3 is 3.00 bits per heavy atom. The third kappa shape index (κ3) is 4.03. The summed E-state index contributed by atoms with van der Waals surface area (Å²) < 4.78 is 0. The van der Waals surface area contributed by atoms with Crippen LogP contribution in [0.3, 0.4) is 0 Å². The molecule has 1 heterocycles. The number of hydrogen-bond donors (Lipinski definition) is 1. The van der Waals surface area contributed by atoms with Crippen molar-refractivity contribution in [3.63, 3.8) is 0 Å². The fourth-order valence-corrected chi connectivity index (χ4v) is 2.90. The highest BCUT2D eigenvalue weighted by Gasteiger charge is 2.17. The van der Waals surface area contributed by atoms with E-state index in [9.17, 15) is 0 Å². The predicted octanol–water partition coefficient (Wildman–Crippen LogP) is 4.24. The first-order valence-electron chi connectivity index (χ1n) is 7.05. The molecule has 0 radical (unpaired) electrons. The zero-order valence-electron chi connectivity index (χ0n) is 10.9. The van der Waals surface area contributed by atoms with Crippen LogP contribution in [0.4, 0.5) is 5.69 Å². The molecule has 2 heteroatoms. The van der Waals surface area contributed by atoms with E-state index in [0.717, 1.165) is 5.92 Å². The van der Waals surface area contributed by atoms with E-state index in [2.05, 4.69) is 23.3 Å². The van der Waals surface area contributed by atoms with Gasteiger partial charge in [0.05, 0.1) is 5.69 Å². The summed E-state index contributed by atoms with van der Waals surface area (Å²) in [7, 11) is 0. The van der Waals surface area contributed by atoms with Crippen molar-refractivity contribution in [1.29, 1.82) is 0 Å². The zero-order chi connectivity index (χ0) is 11.9. The molecule has 0 bridgehead atoms. The highest BCUT2D eigenvalue weighted by molar-refractivity contribution is 5.40. The first kappa shape index (κ1) is 12.4. The molecule has 0 spiro atoms.